The maximum atomic E-state index is 12.8. The Bertz CT molecular complexity index is 1100. The van der Waals surface area contributed by atoms with Crippen molar-refractivity contribution in [3.8, 4) is 16.9 Å². The highest BCUT2D eigenvalue weighted by Crippen LogP contribution is 2.67. The number of carbonyl (C=O) groups is 1. The zero-order valence-electron chi connectivity index (χ0n) is 15.9. The lowest BCUT2D eigenvalue weighted by Crippen LogP contribution is -2.40. The number of anilines is 1. The van der Waals surface area contributed by atoms with Gasteiger partial charge in [0.25, 0.3) is 0 Å². The number of amides is 2. The summed E-state index contributed by atoms with van der Waals surface area (Å²) in [6.07, 6.45) is 4.31. The van der Waals surface area contributed by atoms with Crippen molar-refractivity contribution in [1.82, 2.24) is 9.88 Å². The molecule has 1 saturated heterocycles. The maximum Gasteiger partial charge on any atom is 0.321 e. The number of rotatable bonds is 1. The summed E-state index contributed by atoms with van der Waals surface area (Å²) in [5.41, 5.74) is 4.09. The number of hydrogen-bond acceptors (Lipinski definition) is 3. The Balaban J connectivity index is 1.29. The number of carbonyl (C=O) groups excluding carboxylic acids is 1. The Labute approximate surface area is 169 Å². The molecular weight excluding hydrogens is 362 g/mol. The first-order chi connectivity index (χ1) is 14.3. The number of nitrogens with zero attached hydrogens (tertiary/aromatic N) is 2. The zero-order valence-corrected chi connectivity index (χ0v) is 15.9. The summed E-state index contributed by atoms with van der Waals surface area (Å²) in [6, 6.07) is 20.5. The molecule has 5 nitrogen and oxygen atoms in total. The molecule has 2 aliphatic heterocycles. The highest BCUT2D eigenvalue weighted by molar-refractivity contribution is 5.89. The molecule has 0 bridgehead atoms. The van der Waals surface area contributed by atoms with Crippen LogP contribution in [0.25, 0.3) is 11.1 Å². The molecule has 2 aromatic carbocycles. The average Bonchev–Trinajstić information content (AvgIpc) is 3.41. The van der Waals surface area contributed by atoms with Gasteiger partial charge >= 0.3 is 6.03 Å². The predicted molar refractivity (Wildman–Crippen MR) is 111 cm³/mol. The van der Waals surface area contributed by atoms with Crippen LogP contribution in [0.2, 0.25) is 0 Å². The molecular formula is C24H21N3O2. The molecule has 3 unspecified atom stereocenters. The number of urea groups is 1. The molecule has 1 spiro atoms. The number of aromatic nitrogens is 1. The Hall–Kier alpha value is -3.34. The van der Waals surface area contributed by atoms with E-state index in [-0.39, 0.29) is 11.6 Å². The van der Waals surface area contributed by atoms with Crippen LogP contribution in [0.3, 0.4) is 0 Å². The Morgan fingerprint density at radius 1 is 1.03 bits per heavy atom. The van der Waals surface area contributed by atoms with E-state index in [4.69, 9.17) is 4.74 Å². The molecule has 3 aromatic rings. The molecule has 29 heavy (non-hydrogen) atoms. The number of para-hydroxylation sites is 1. The number of hydrogen-bond donors (Lipinski definition) is 1. The third-order valence-corrected chi connectivity index (χ3v) is 6.61. The van der Waals surface area contributed by atoms with Crippen LogP contribution < -0.4 is 10.1 Å². The fraction of sp³-hybridized carbons (Fsp3) is 0.250. The van der Waals surface area contributed by atoms with Crippen molar-refractivity contribution < 1.29 is 9.53 Å². The third-order valence-electron chi connectivity index (χ3n) is 6.61. The van der Waals surface area contributed by atoms with Crippen molar-refractivity contribution in [2.75, 3.05) is 18.4 Å². The van der Waals surface area contributed by atoms with Crippen LogP contribution >= 0.6 is 0 Å². The molecule has 2 fully saturated rings. The molecule has 5 heteroatoms. The standard InChI is InChI=1S/C24H21N3O2/c28-23(26-16-6-5-12-25-14-16)27-13-11-20-21(15-27)24(20)19-9-3-1-7-17(19)18-8-2-4-10-22(18)29-24/h1-10,12,14,20-21H,11,13,15H2,(H,26,28). The van der Waals surface area contributed by atoms with E-state index in [9.17, 15) is 4.79 Å². The Morgan fingerprint density at radius 2 is 1.86 bits per heavy atom. The summed E-state index contributed by atoms with van der Waals surface area (Å²) in [7, 11) is 0. The molecule has 144 valence electrons. The van der Waals surface area contributed by atoms with Gasteiger partial charge in [0.2, 0.25) is 0 Å². The van der Waals surface area contributed by atoms with Crippen molar-refractivity contribution in [2.45, 2.75) is 12.0 Å². The van der Waals surface area contributed by atoms with Gasteiger partial charge in [-0.05, 0) is 30.2 Å². The second-order valence-corrected chi connectivity index (χ2v) is 8.06. The molecule has 6 rings (SSSR count). The number of likely N-dealkylation sites (tertiary alicyclic amines) is 1. The van der Waals surface area contributed by atoms with E-state index in [0.29, 0.717) is 18.4 Å². The van der Waals surface area contributed by atoms with Gasteiger partial charge in [-0.3, -0.25) is 4.98 Å². The largest absolute Gasteiger partial charge is 0.481 e. The van der Waals surface area contributed by atoms with Gasteiger partial charge < -0.3 is 15.0 Å². The summed E-state index contributed by atoms with van der Waals surface area (Å²) < 4.78 is 6.68. The molecule has 0 radical (unpaired) electrons. The summed E-state index contributed by atoms with van der Waals surface area (Å²) in [5, 5.41) is 2.96. The highest BCUT2D eigenvalue weighted by Gasteiger charge is 2.71. The van der Waals surface area contributed by atoms with E-state index in [1.807, 2.05) is 23.1 Å². The van der Waals surface area contributed by atoms with Gasteiger partial charge in [-0.1, -0.05) is 42.5 Å². The van der Waals surface area contributed by atoms with Crippen LogP contribution in [0.1, 0.15) is 12.0 Å². The van der Waals surface area contributed by atoms with E-state index < -0.39 is 0 Å². The van der Waals surface area contributed by atoms with E-state index in [1.54, 1.807) is 12.4 Å². The van der Waals surface area contributed by atoms with Gasteiger partial charge in [-0.15, -0.1) is 0 Å². The molecule has 1 aliphatic carbocycles. The van der Waals surface area contributed by atoms with Crippen molar-refractivity contribution in [3.05, 3.63) is 78.6 Å². The number of benzene rings is 2. The molecule has 3 heterocycles. The molecule has 3 aliphatic rings. The van der Waals surface area contributed by atoms with Gasteiger partial charge in [0.15, 0.2) is 0 Å². The van der Waals surface area contributed by atoms with Gasteiger partial charge in [-0.2, -0.15) is 0 Å². The normalized spacial score (nSPS) is 26.0. The van der Waals surface area contributed by atoms with Gasteiger partial charge in [-0.25, -0.2) is 4.79 Å². The topological polar surface area (TPSA) is 54.5 Å². The lowest BCUT2D eigenvalue weighted by atomic mass is 9.89. The van der Waals surface area contributed by atoms with Crippen LogP contribution in [0.15, 0.2) is 73.1 Å². The number of piperidine rings is 1. The summed E-state index contributed by atoms with van der Waals surface area (Å²) in [4.78, 5) is 18.8. The number of nitrogens with one attached hydrogen (secondary N) is 1. The zero-order chi connectivity index (χ0) is 19.4. The summed E-state index contributed by atoms with van der Waals surface area (Å²) in [6.45, 7) is 1.44. The average molecular weight is 383 g/mol. The molecule has 3 atom stereocenters. The molecule has 1 N–H and O–H groups in total. The smallest absolute Gasteiger partial charge is 0.321 e. The Morgan fingerprint density at radius 3 is 2.72 bits per heavy atom. The first-order valence-corrected chi connectivity index (χ1v) is 10.1. The number of fused-ring (bicyclic) bond motifs is 7. The van der Waals surface area contributed by atoms with Crippen molar-refractivity contribution in [3.63, 3.8) is 0 Å². The molecule has 2 amide bonds. The fourth-order valence-electron chi connectivity index (χ4n) is 5.26. The summed E-state index contributed by atoms with van der Waals surface area (Å²) >= 11 is 0. The van der Waals surface area contributed by atoms with Crippen LogP contribution in [0.4, 0.5) is 10.5 Å². The predicted octanol–water partition coefficient (Wildman–Crippen LogP) is 4.52. The minimum absolute atomic E-state index is 0.0667. The SMILES string of the molecule is O=C(Nc1cccnc1)N1CCC2C(C1)C21Oc2ccccc2-c2ccccc21. The van der Waals surface area contributed by atoms with Crippen molar-refractivity contribution >= 4 is 11.7 Å². The monoisotopic (exact) mass is 383 g/mol. The third kappa shape index (κ3) is 2.40. The maximum absolute atomic E-state index is 12.8. The van der Waals surface area contributed by atoms with Crippen molar-refractivity contribution in [1.29, 1.82) is 0 Å². The van der Waals surface area contributed by atoms with Crippen LogP contribution in [0.5, 0.6) is 5.75 Å². The minimum Gasteiger partial charge on any atom is -0.481 e. The van der Waals surface area contributed by atoms with E-state index in [0.717, 1.165) is 30.0 Å². The van der Waals surface area contributed by atoms with Crippen LogP contribution in [0, 0.1) is 11.8 Å². The number of ether oxygens (including phenoxy) is 1. The van der Waals surface area contributed by atoms with E-state index in [2.05, 4.69) is 52.8 Å². The lowest BCUT2D eigenvalue weighted by molar-refractivity contribution is 0.144. The minimum atomic E-state index is -0.311. The van der Waals surface area contributed by atoms with E-state index in [1.165, 1.54) is 11.1 Å². The van der Waals surface area contributed by atoms with Crippen molar-refractivity contribution in [2.24, 2.45) is 11.8 Å². The van der Waals surface area contributed by atoms with Gasteiger partial charge in [0.1, 0.15) is 11.4 Å². The fourth-order valence-corrected chi connectivity index (χ4v) is 5.26. The van der Waals surface area contributed by atoms with Crippen LogP contribution in [-0.4, -0.2) is 29.0 Å². The quantitative estimate of drug-likeness (QED) is 0.672. The molecule has 1 aromatic heterocycles. The summed E-state index contributed by atoms with van der Waals surface area (Å²) in [5.74, 6) is 1.71. The second kappa shape index (κ2) is 6.08. The van der Waals surface area contributed by atoms with E-state index >= 15 is 0 Å². The lowest BCUT2D eigenvalue weighted by Gasteiger charge is -2.30. The van der Waals surface area contributed by atoms with Gasteiger partial charge in [0.05, 0.1) is 11.9 Å². The van der Waals surface area contributed by atoms with Crippen LogP contribution in [-0.2, 0) is 5.60 Å². The second-order valence-electron chi connectivity index (χ2n) is 8.06. The first-order valence-electron chi connectivity index (χ1n) is 10.1. The Kier molecular flexibility index (Phi) is 3.48. The highest BCUT2D eigenvalue weighted by atomic mass is 16.5. The number of pyridine rings is 1. The van der Waals surface area contributed by atoms with Gasteiger partial charge in [0, 0.05) is 42.2 Å². The molecule has 1 saturated carbocycles. The first kappa shape index (κ1) is 16.6.